The molecular weight excluding hydrogens is 739 g/mol. The average molecular weight is 824 g/mol. The topological polar surface area (TPSA) is 102 Å². The molecule has 0 aromatic carbocycles. The van der Waals surface area contributed by atoms with E-state index in [-0.39, 0.29) is 42.7 Å². The van der Waals surface area contributed by atoms with Crippen molar-refractivity contribution in [2.45, 2.75) is 180 Å². The maximum absolute atomic E-state index is 12.7. The fourth-order valence-corrected chi connectivity index (χ4v) is 6.30. The summed E-state index contributed by atoms with van der Waals surface area (Å²) in [6, 6.07) is -0.735. The zero-order valence-corrected chi connectivity index (χ0v) is 38.1. The van der Waals surface area contributed by atoms with Gasteiger partial charge < -0.3 is 28.6 Å². The molecule has 0 bridgehead atoms. The summed E-state index contributed by atoms with van der Waals surface area (Å²) in [6.07, 6.45) is 53.2. The van der Waals surface area contributed by atoms with Gasteiger partial charge in [0.25, 0.3) is 0 Å². The number of rotatable bonds is 40. The number of nitrogens with zero attached hydrogens (tertiary/aromatic N) is 1. The molecule has 0 aromatic heterocycles. The van der Waals surface area contributed by atoms with E-state index in [1.54, 1.807) is 21.1 Å². The summed E-state index contributed by atoms with van der Waals surface area (Å²) >= 11 is 0. The van der Waals surface area contributed by atoms with E-state index >= 15 is 0 Å². The van der Waals surface area contributed by atoms with Gasteiger partial charge in [0.05, 0.1) is 40.3 Å². The van der Waals surface area contributed by atoms with Crippen LogP contribution in [0.25, 0.3) is 0 Å². The molecule has 0 aliphatic heterocycles. The summed E-state index contributed by atoms with van der Waals surface area (Å²) in [4.78, 5) is 36.9. The van der Waals surface area contributed by atoms with Gasteiger partial charge in [0.2, 0.25) is 0 Å². The average Bonchev–Trinajstić information content (AvgIpc) is 3.19. The fraction of sp³-hybridized carbons (Fsp3) is 0.667. The summed E-state index contributed by atoms with van der Waals surface area (Å²) < 4.78 is 17.2. The molecule has 0 aliphatic carbocycles. The van der Waals surface area contributed by atoms with Crippen LogP contribution in [0.3, 0.4) is 0 Å². The lowest BCUT2D eigenvalue weighted by molar-refractivity contribution is -0.889. The quantitative estimate of drug-likeness (QED) is 0.0199. The zero-order valence-electron chi connectivity index (χ0n) is 38.1. The summed E-state index contributed by atoms with van der Waals surface area (Å²) in [5, 5.41) is 11.6. The van der Waals surface area contributed by atoms with Gasteiger partial charge in [0, 0.05) is 19.3 Å². The van der Waals surface area contributed by atoms with Gasteiger partial charge in [-0.15, -0.1) is 0 Å². The van der Waals surface area contributed by atoms with Crippen LogP contribution < -0.4 is 5.11 Å². The van der Waals surface area contributed by atoms with Crippen molar-refractivity contribution in [2.75, 3.05) is 41.0 Å². The number of hydrogen-bond acceptors (Lipinski definition) is 7. The smallest absolute Gasteiger partial charge is 0.306 e. The van der Waals surface area contributed by atoms with Crippen molar-refractivity contribution in [3.8, 4) is 0 Å². The molecule has 0 fully saturated rings. The second-order valence-electron chi connectivity index (χ2n) is 16.3. The molecule has 0 rings (SSSR count). The van der Waals surface area contributed by atoms with Crippen LogP contribution in [-0.4, -0.2) is 75.5 Å². The third kappa shape index (κ3) is 39.7. The SMILES string of the molecule is CC/C=C/C=C/C=C/CCCCCCCC(=O)OC(COCCC(C(=O)[O-])[N+](C)(C)C)COC(=O)CCCCCCCCCCC/C=C/C/C=C/C/C=C/C/C=C/CC. The number of quaternary nitrogens is 1. The summed E-state index contributed by atoms with van der Waals surface area (Å²) in [7, 11) is 5.39. The number of likely N-dealkylation sites (N-methyl/N-ethyl adjacent to an activating group) is 1. The molecule has 8 nitrogen and oxygen atoms in total. The zero-order chi connectivity index (χ0) is 43.5. The van der Waals surface area contributed by atoms with Crippen molar-refractivity contribution in [1.82, 2.24) is 0 Å². The lowest BCUT2D eigenvalue weighted by atomic mass is 10.1. The third-order valence-electron chi connectivity index (χ3n) is 9.84. The standard InChI is InChI=1S/C51H85NO7/c1-6-8-10-12-14-16-18-20-21-22-23-24-25-26-27-28-30-31-33-35-37-39-41-49(53)58-46-47(45-57-44-43-48(51(55)56)52(3,4)5)59-50(54)42-40-38-36-34-32-29-19-17-15-13-11-9-7-2/h8-11,13-17,19-21,23-24,47-48H,6-7,12,18,22,25-46H2,1-5H3/b10-8+,11-9+,15-13+,16-14+,19-17+,21-20+,24-23+. The molecule has 0 aromatic rings. The minimum absolute atomic E-state index is 0.0258. The van der Waals surface area contributed by atoms with Crippen LogP contribution in [0.15, 0.2) is 85.1 Å². The van der Waals surface area contributed by atoms with Crippen LogP contribution in [-0.2, 0) is 28.6 Å². The van der Waals surface area contributed by atoms with Crippen LogP contribution in [0.4, 0.5) is 0 Å². The minimum Gasteiger partial charge on any atom is -0.544 e. The molecule has 0 saturated carbocycles. The highest BCUT2D eigenvalue weighted by Gasteiger charge is 2.25. The predicted molar refractivity (Wildman–Crippen MR) is 245 cm³/mol. The Labute approximate surface area is 361 Å². The van der Waals surface area contributed by atoms with Gasteiger partial charge in [0.15, 0.2) is 6.10 Å². The lowest BCUT2D eigenvalue weighted by Crippen LogP contribution is -2.55. The Bertz CT molecular complexity index is 1240. The summed E-state index contributed by atoms with van der Waals surface area (Å²) in [5.41, 5.74) is 0. The first-order valence-electron chi connectivity index (χ1n) is 23.1. The number of esters is 2. The Morgan fingerprint density at radius 1 is 0.525 bits per heavy atom. The van der Waals surface area contributed by atoms with Gasteiger partial charge in [-0.1, -0.05) is 163 Å². The normalized spacial score (nSPS) is 13.7. The largest absolute Gasteiger partial charge is 0.544 e. The van der Waals surface area contributed by atoms with Gasteiger partial charge >= 0.3 is 11.9 Å². The molecule has 8 heteroatoms. The summed E-state index contributed by atoms with van der Waals surface area (Å²) in [5.74, 6) is -1.78. The molecule has 2 atom stereocenters. The Morgan fingerprint density at radius 3 is 1.51 bits per heavy atom. The molecule has 0 aliphatic rings. The van der Waals surface area contributed by atoms with Crippen molar-refractivity contribution in [3.05, 3.63) is 85.1 Å². The fourth-order valence-electron chi connectivity index (χ4n) is 6.30. The second kappa shape index (κ2) is 41.3. The van der Waals surface area contributed by atoms with Crippen LogP contribution in [0.2, 0.25) is 0 Å². The van der Waals surface area contributed by atoms with E-state index < -0.39 is 18.1 Å². The highest BCUT2D eigenvalue weighted by molar-refractivity contribution is 5.70. The number of unbranched alkanes of at least 4 members (excludes halogenated alkanes) is 14. The molecule has 0 heterocycles. The number of aliphatic carboxylic acids is 1. The Kier molecular flexibility index (Phi) is 38.8. The molecular formula is C51H85NO7. The van der Waals surface area contributed by atoms with E-state index in [4.69, 9.17) is 14.2 Å². The molecule has 0 amide bonds. The van der Waals surface area contributed by atoms with Crippen LogP contribution >= 0.6 is 0 Å². The van der Waals surface area contributed by atoms with E-state index in [2.05, 4.69) is 86.8 Å². The maximum atomic E-state index is 12.7. The Hall–Kier alpha value is -3.49. The molecule has 0 saturated heterocycles. The Morgan fingerprint density at radius 2 is 0.983 bits per heavy atom. The second-order valence-corrected chi connectivity index (χ2v) is 16.3. The van der Waals surface area contributed by atoms with Crippen LogP contribution in [0.1, 0.15) is 168 Å². The van der Waals surface area contributed by atoms with Crippen molar-refractivity contribution >= 4 is 17.9 Å². The lowest BCUT2D eigenvalue weighted by Gasteiger charge is -2.34. The number of ether oxygens (including phenoxy) is 3. The molecule has 2 unspecified atom stereocenters. The molecule has 336 valence electrons. The number of hydrogen-bond donors (Lipinski definition) is 0. The first-order valence-corrected chi connectivity index (χ1v) is 23.1. The van der Waals surface area contributed by atoms with E-state index in [9.17, 15) is 19.5 Å². The van der Waals surface area contributed by atoms with Gasteiger partial charge in [-0.3, -0.25) is 9.59 Å². The van der Waals surface area contributed by atoms with Gasteiger partial charge in [-0.05, 0) is 70.6 Å². The molecule has 0 spiro atoms. The number of carboxylic acid groups (broad SMARTS) is 1. The highest BCUT2D eigenvalue weighted by Crippen LogP contribution is 2.14. The number of carboxylic acids is 1. The minimum atomic E-state index is -1.13. The van der Waals surface area contributed by atoms with E-state index in [1.807, 2.05) is 12.2 Å². The van der Waals surface area contributed by atoms with Crippen molar-refractivity contribution in [3.63, 3.8) is 0 Å². The van der Waals surface area contributed by atoms with Gasteiger partial charge in [-0.2, -0.15) is 0 Å². The summed E-state index contributed by atoms with van der Waals surface area (Å²) in [6.45, 7) is 4.37. The van der Waals surface area contributed by atoms with Crippen molar-refractivity contribution < 1.29 is 38.2 Å². The van der Waals surface area contributed by atoms with Gasteiger partial charge in [-0.25, -0.2) is 0 Å². The maximum Gasteiger partial charge on any atom is 0.306 e. The monoisotopic (exact) mass is 824 g/mol. The first-order chi connectivity index (χ1) is 28.6. The van der Waals surface area contributed by atoms with Crippen LogP contribution in [0.5, 0.6) is 0 Å². The van der Waals surface area contributed by atoms with E-state index in [1.165, 1.54) is 38.5 Å². The number of allylic oxidation sites excluding steroid dienone is 14. The van der Waals surface area contributed by atoms with Gasteiger partial charge in [0.1, 0.15) is 12.6 Å². The first kappa shape index (κ1) is 55.5. The molecule has 0 N–H and O–H groups in total. The van der Waals surface area contributed by atoms with Crippen LogP contribution in [0, 0.1) is 0 Å². The molecule has 0 radical (unpaired) electrons. The third-order valence-corrected chi connectivity index (χ3v) is 9.84. The molecule has 59 heavy (non-hydrogen) atoms. The number of carbonyl (C=O) groups is 3. The van der Waals surface area contributed by atoms with Crippen molar-refractivity contribution in [2.24, 2.45) is 0 Å². The number of carbonyl (C=O) groups excluding carboxylic acids is 3. The Balaban J connectivity index is 4.29. The van der Waals surface area contributed by atoms with E-state index in [0.717, 1.165) is 96.3 Å². The van der Waals surface area contributed by atoms with Crippen molar-refractivity contribution in [1.29, 1.82) is 0 Å². The highest BCUT2D eigenvalue weighted by atomic mass is 16.6. The predicted octanol–water partition coefficient (Wildman–Crippen LogP) is 11.6. The van der Waals surface area contributed by atoms with E-state index in [0.29, 0.717) is 12.8 Å².